The summed E-state index contributed by atoms with van der Waals surface area (Å²) in [6.45, 7) is 6.84. The molecule has 0 radical (unpaired) electrons. The Morgan fingerprint density at radius 3 is 2.70 bits per heavy atom. The molecule has 0 aliphatic carbocycles. The molecule has 30 heavy (non-hydrogen) atoms. The van der Waals surface area contributed by atoms with Crippen LogP contribution in [0.4, 0.5) is 5.69 Å². The number of aryl methyl sites for hydroxylation is 1. The van der Waals surface area contributed by atoms with Gasteiger partial charge in [-0.3, -0.25) is 14.7 Å². The molecule has 3 aliphatic heterocycles. The van der Waals surface area contributed by atoms with Gasteiger partial charge in [0.1, 0.15) is 0 Å². The Balaban J connectivity index is 1.29. The van der Waals surface area contributed by atoms with Crippen LogP contribution in [0.1, 0.15) is 42.9 Å². The lowest BCUT2D eigenvalue weighted by atomic mass is 9.93. The monoisotopic (exact) mass is 404 g/mol. The summed E-state index contributed by atoms with van der Waals surface area (Å²) in [6.07, 6.45) is 8.17. The minimum Gasteiger partial charge on any atom is -0.369 e. The quantitative estimate of drug-likeness (QED) is 0.783. The van der Waals surface area contributed by atoms with E-state index in [0.717, 1.165) is 52.0 Å². The lowest BCUT2D eigenvalue weighted by Gasteiger charge is -2.28. The Labute approximate surface area is 179 Å². The zero-order valence-electron chi connectivity index (χ0n) is 17.9. The third-order valence-electron chi connectivity index (χ3n) is 7.32. The van der Waals surface area contributed by atoms with Crippen LogP contribution in [-0.2, 0) is 4.79 Å². The van der Waals surface area contributed by atoms with Crippen molar-refractivity contribution in [1.82, 2.24) is 14.8 Å². The second-order valence-corrected chi connectivity index (χ2v) is 9.04. The highest BCUT2D eigenvalue weighted by molar-refractivity contribution is 5.80. The third-order valence-corrected chi connectivity index (χ3v) is 7.32. The summed E-state index contributed by atoms with van der Waals surface area (Å²) in [5.41, 5.74) is 3.83. The van der Waals surface area contributed by atoms with Crippen molar-refractivity contribution in [1.29, 1.82) is 0 Å². The SMILES string of the molecule is Cc1cnccc1N1CCCN(C(=O)[C@H]2C[C@@H](c3ccccc3)N3CCC[C@H]23)CC1. The number of hydrogen-bond acceptors (Lipinski definition) is 4. The minimum absolute atomic E-state index is 0.145. The first kappa shape index (κ1) is 19.6. The van der Waals surface area contributed by atoms with Gasteiger partial charge in [-0.1, -0.05) is 30.3 Å². The maximum Gasteiger partial charge on any atom is 0.227 e. The average Bonchev–Trinajstić information content (AvgIpc) is 3.30. The second-order valence-electron chi connectivity index (χ2n) is 9.04. The molecule has 1 aromatic heterocycles. The molecule has 5 heteroatoms. The summed E-state index contributed by atoms with van der Waals surface area (Å²) in [5, 5.41) is 0. The van der Waals surface area contributed by atoms with Gasteiger partial charge in [0.2, 0.25) is 5.91 Å². The van der Waals surface area contributed by atoms with Crippen LogP contribution in [0.15, 0.2) is 48.8 Å². The van der Waals surface area contributed by atoms with Crippen LogP contribution >= 0.6 is 0 Å². The highest BCUT2D eigenvalue weighted by Gasteiger charge is 2.48. The number of anilines is 1. The van der Waals surface area contributed by atoms with Gasteiger partial charge in [-0.25, -0.2) is 0 Å². The van der Waals surface area contributed by atoms with E-state index in [4.69, 9.17) is 0 Å². The van der Waals surface area contributed by atoms with Gasteiger partial charge < -0.3 is 9.80 Å². The number of amides is 1. The van der Waals surface area contributed by atoms with Crippen LogP contribution in [0, 0.1) is 12.8 Å². The molecule has 0 saturated carbocycles. The Morgan fingerprint density at radius 1 is 1.00 bits per heavy atom. The van der Waals surface area contributed by atoms with Crippen molar-refractivity contribution < 1.29 is 4.79 Å². The Morgan fingerprint density at radius 2 is 1.87 bits per heavy atom. The fourth-order valence-electron chi connectivity index (χ4n) is 5.87. The number of aromatic nitrogens is 1. The summed E-state index contributed by atoms with van der Waals surface area (Å²) in [5.74, 6) is 0.533. The van der Waals surface area contributed by atoms with E-state index in [2.05, 4.69) is 63.0 Å². The molecular weight excluding hydrogens is 372 g/mol. The molecule has 3 saturated heterocycles. The van der Waals surface area contributed by atoms with E-state index in [1.807, 2.05) is 12.4 Å². The summed E-state index contributed by atoms with van der Waals surface area (Å²) >= 11 is 0. The van der Waals surface area contributed by atoms with E-state index < -0.39 is 0 Å². The van der Waals surface area contributed by atoms with Crippen LogP contribution in [0.2, 0.25) is 0 Å². The lowest BCUT2D eigenvalue weighted by Crippen LogP contribution is -2.42. The van der Waals surface area contributed by atoms with Gasteiger partial charge in [0.25, 0.3) is 0 Å². The van der Waals surface area contributed by atoms with Gasteiger partial charge in [-0.05, 0) is 56.3 Å². The van der Waals surface area contributed by atoms with Crippen LogP contribution in [0.5, 0.6) is 0 Å². The van der Waals surface area contributed by atoms with Crippen LogP contribution in [-0.4, -0.2) is 59.5 Å². The molecule has 3 fully saturated rings. The predicted octanol–water partition coefficient (Wildman–Crippen LogP) is 3.65. The average molecular weight is 405 g/mol. The fourth-order valence-corrected chi connectivity index (χ4v) is 5.87. The van der Waals surface area contributed by atoms with Crippen LogP contribution in [0.25, 0.3) is 0 Å². The molecule has 0 bridgehead atoms. The molecule has 0 N–H and O–H groups in total. The number of carbonyl (C=O) groups excluding carboxylic acids is 1. The molecule has 1 aromatic carbocycles. The van der Waals surface area contributed by atoms with Gasteiger partial charge in [0, 0.05) is 56.3 Å². The van der Waals surface area contributed by atoms with Crippen LogP contribution < -0.4 is 4.90 Å². The predicted molar refractivity (Wildman–Crippen MR) is 119 cm³/mol. The van der Waals surface area contributed by atoms with E-state index in [0.29, 0.717) is 18.0 Å². The molecule has 0 unspecified atom stereocenters. The standard InChI is InChI=1S/C25H32N4O/c1-19-18-26-11-10-22(19)27-12-6-13-28(16-15-27)25(30)21-17-24(20-7-3-2-4-8-20)29-14-5-9-23(21)29/h2-4,7-8,10-11,18,21,23-24H,5-6,9,12-17H2,1H3/t21-,23+,24-/m0/s1. The zero-order chi connectivity index (χ0) is 20.5. The van der Waals surface area contributed by atoms with Crippen molar-refractivity contribution >= 4 is 11.6 Å². The van der Waals surface area contributed by atoms with Crippen molar-refractivity contribution in [2.45, 2.75) is 44.7 Å². The molecule has 3 atom stereocenters. The summed E-state index contributed by atoms with van der Waals surface area (Å²) < 4.78 is 0. The number of benzene rings is 1. The Hall–Kier alpha value is -2.40. The number of fused-ring (bicyclic) bond motifs is 1. The molecule has 5 rings (SSSR count). The number of hydrogen-bond donors (Lipinski definition) is 0. The first-order chi connectivity index (χ1) is 14.7. The molecule has 3 aliphatic rings. The van der Waals surface area contributed by atoms with Gasteiger partial charge in [0.05, 0.1) is 5.92 Å². The number of rotatable bonds is 3. The molecule has 4 heterocycles. The number of nitrogens with zero attached hydrogens (tertiary/aromatic N) is 4. The highest BCUT2D eigenvalue weighted by Crippen LogP contribution is 2.45. The molecule has 0 spiro atoms. The largest absolute Gasteiger partial charge is 0.369 e. The summed E-state index contributed by atoms with van der Waals surface area (Å²) in [6, 6.07) is 13.7. The van der Waals surface area contributed by atoms with Crippen molar-refractivity contribution in [3.63, 3.8) is 0 Å². The first-order valence-corrected chi connectivity index (χ1v) is 11.5. The topological polar surface area (TPSA) is 39.7 Å². The van der Waals surface area contributed by atoms with Crippen molar-refractivity contribution in [3.05, 3.63) is 59.9 Å². The Bertz CT molecular complexity index is 886. The van der Waals surface area contributed by atoms with E-state index in [-0.39, 0.29) is 5.92 Å². The number of pyridine rings is 1. The molecule has 1 amide bonds. The van der Waals surface area contributed by atoms with Gasteiger partial charge in [-0.15, -0.1) is 0 Å². The van der Waals surface area contributed by atoms with Gasteiger partial charge in [0.15, 0.2) is 0 Å². The van der Waals surface area contributed by atoms with E-state index >= 15 is 0 Å². The van der Waals surface area contributed by atoms with Gasteiger partial charge >= 0.3 is 0 Å². The molecular formula is C25H32N4O. The molecule has 2 aromatic rings. The van der Waals surface area contributed by atoms with Crippen molar-refractivity contribution in [2.24, 2.45) is 5.92 Å². The fraction of sp³-hybridized carbons (Fsp3) is 0.520. The summed E-state index contributed by atoms with van der Waals surface area (Å²) in [4.78, 5) is 25.1. The van der Waals surface area contributed by atoms with Crippen molar-refractivity contribution in [3.8, 4) is 0 Å². The van der Waals surface area contributed by atoms with Crippen molar-refractivity contribution in [2.75, 3.05) is 37.6 Å². The smallest absolute Gasteiger partial charge is 0.227 e. The first-order valence-electron chi connectivity index (χ1n) is 11.5. The summed E-state index contributed by atoms with van der Waals surface area (Å²) in [7, 11) is 0. The maximum absolute atomic E-state index is 13.7. The zero-order valence-corrected chi connectivity index (χ0v) is 17.9. The number of carbonyl (C=O) groups is 1. The van der Waals surface area contributed by atoms with E-state index in [1.165, 1.54) is 23.2 Å². The highest BCUT2D eigenvalue weighted by atomic mass is 16.2. The van der Waals surface area contributed by atoms with Crippen LogP contribution in [0.3, 0.4) is 0 Å². The lowest BCUT2D eigenvalue weighted by molar-refractivity contribution is -0.135. The third kappa shape index (κ3) is 3.60. The maximum atomic E-state index is 13.7. The van der Waals surface area contributed by atoms with Gasteiger partial charge in [-0.2, -0.15) is 0 Å². The Kier molecular flexibility index (Phi) is 5.47. The normalized spacial score (nSPS) is 27.2. The molecule has 5 nitrogen and oxygen atoms in total. The molecule has 158 valence electrons. The second kappa shape index (κ2) is 8.38. The minimum atomic E-state index is 0.145. The van der Waals surface area contributed by atoms with E-state index in [9.17, 15) is 4.79 Å². The van der Waals surface area contributed by atoms with E-state index in [1.54, 1.807) is 0 Å².